The number of nitrogens with zero attached hydrogens (tertiary/aromatic N) is 2. The lowest BCUT2D eigenvalue weighted by molar-refractivity contribution is -0.161. The summed E-state index contributed by atoms with van der Waals surface area (Å²) < 4.78 is 12.6. The summed E-state index contributed by atoms with van der Waals surface area (Å²) in [5, 5.41) is 11.5. The minimum absolute atomic E-state index is 0.00879. The van der Waals surface area contributed by atoms with E-state index in [-0.39, 0.29) is 31.6 Å². The first-order chi connectivity index (χ1) is 20.9. The van der Waals surface area contributed by atoms with Crippen LogP contribution >= 0.6 is 0 Å². The van der Waals surface area contributed by atoms with Gasteiger partial charge in [-0.1, -0.05) is 49.4 Å². The molecule has 1 spiro atoms. The van der Waals surface area contributed by atoms with Gasteiger partial charge in [-0.05, 0) is 74.3 Å². The number of amides is 2. The first-order valence-corrected chi connectivity index (χ1v) is 15.7. The summed E-state index contributed by atoms with van der Waals surface area (Å²) in [4.78, 5) is 46.1. The van der Waals surface area contributed by atoms with Gasteiger partial charge in [-0.25, -0.2) is 0 Å². The number of ether oxygens (including phenoxy) is 2. The van der Waals surface area contributed by atoms with Gasteiger partial charge in [0.05, 0.1) is 18.1 Å². The van der Waals surface area contributed by atoms with Gasteiger partial charge in [0.15, 0.2) is 0 Å². The normalized spacial score (nSPS) is 27.3. The lowest BCUT2D eigenvalue weighted by Crippen LogP contribution is -2.56. The maximum Gasteiger partial charge on any atom is 0.312 e. The maximum atomic E-state index is 14.8. The van der Waals surface area contributed by atoms with E-state index in [0.29, 0.717) is 50.8 Å². The van der Waals surface area contributed by atoms with Crippen LogP contribution in [0.1, 0.15) is 58.3 Å². The van der Waals surface area contributed by atoms with E-state index >= 15 is 0 Å². The van der Waals surface area contributed by atoms with Crippen LogP contribution in [0, 0.1) is 11.8 Å². The summed E-state index contributed by atoms with van der Waals surface area (Å²) >= 11 is 0. The van der Waals surface area contributed by atoms with Crippen LogP contribution in [0.3, 0.4) is 0 Å². The second-order valence-corrected chi connectivity index (χ2v) is 12.0. The minimum Gasteiger partial charge on any atom is -0.465 e. The number of esters is 1. The number of hydrogen-bond donors (Lipinski definition) is 1. The molecule has 0 aliphatic carbocycles. The fourth-order valence-electron chi connectivity index (χ4n) is 7.59. The molecule has 2 aromatic carbocycles. The summed E-state index contributed by atoms with van der Waals surface area (Å²) in [6, 6.07) is 12.9. The highest BCUT2D eigenvalue weighted by atomic mass is 16.6. The number of aliphatic hydroxyl groups excluding tert-OH is 1. The van der Waals surface area contributed by atoms with Gasteiger partial charge >= 0.3 is 5.97 Å². The van der Waals surface area contributed by atoms with Crippen LogP contribution in [0.25, 0.3) is 10.8 Å². The number of anilines is 1. The Kier molecular flexibility index (Phi) is 9.37. The van der Waals surface area contributed by atoms with Crippen molar-refractivity contribution >= 4 is 34.2 Å². The summed E-state index contributed by atoms with van der Waals surface area (Å²) in [6.45, 7) is 10.4. The van der Waals surface area contributed by atoms with E-state index in [0.717, 1.165) is 23.6 Å². The largest absolute Gasteiger partial charge is 0.465 e. The first-order valence-electron chi connectivity index (χ1n) is 15.7. The van der Waals surface area contributed by atoms with Gasteiger partial charge in [0.2, 0.25) is 5.91 Å². The molecule has 3 heterocycles. The van der Waals surface area contributed by atoms with Gasteiger partial charge < -0.3 is 24.4 Å². The van der Waals surface area contributed by atoms with Crippen LogP contribution in [-0.2, 0) is 23.9 Å². The van der Waals surface area contributed by atoms with E-state index in [9.17, 15) is 19.5 Å². The number of benzene rings is 2. The number of carbonyl (C=O) groups excluding carboxylic acids is 3. The number of carbonyl (C=O) groups is 3. The Hall–Kier alpha value is -3.49. The molecule has 5 atom stereocenters. The highest BCUT2D eigenvalue weighted by Gasteiger charge is 2.79. The SMILES string of the molecule is C=CCCCCOC(=O)[C@H]1[C@H]2C(=O)N(CCCCO)C(C(=O)N(CC=C)c3ccc4ccccc4c3)C23CC[C@]1(CC)O3. The van der Waals surface area contributed by atoms with E-state index in [2.05, 4.69) is 13.2 Å². The molecule has 0 radical (unpaired) electrons. The zero-order valence-corrected chi connectivity index (χ0v) is 25.2. The lowest BCUT2D eigenvalue weighted by Gasteiger charge is -2.37. The molecule has 0 saturated carbocycles. The molecule has 2 bridgehead atoms. The van der Waals surface area contributed by atoms with Crippen LogP contribution < -0.4 is 4.90 Å². The lowest BCUT2D eigenvalue weighted by atomic mass is 9.65. The number of hydrogen-bond acceptors (Lipinski definition) is 6. The van der Waals surface area contributed by atoms with Gasteiger partial charge in [-0.2, -0.15) is 0 Å². The second kappa shape index (κ2) is 13.0. The Labute approximate surface area is 254 Å². The van der Waals surface area contributed by atoms with Crippen molar-refractivity contribution in [2.24, 2.45) is 11.8 Å². The van der Waals surface area contributed by atoms with Crippen molar-refractivity contribution in [3.63, 3.8) is 0 Å². The van der Waals surface area contributed by atoms with Gasteiger partial charge in [0, 0.05) is 25.4 Å². The molecule has 1 N–H and O–H groups in total. The fourth-order valence-corrected chi connectivity index (χ4v) is 7.59. The third-order valence-electron chi connectivity index (χ3n) is 9.65. The summed E-state index contributed by atoms with van der Waals surface area (Å²) in [5.74, 6) is -2.48. The van der Waals surface area contributed by atoms with Crippen LogP contribution in [0.4, 0.5) is 5.69 Å². The molecule has 3 aliphatic heterocycles. The van der Waals surface area contributed by atoms with E-state index < -0.39 is 35.0 Å². The topological polar surface area (TPSA) is 96.4 Å². The second-order valence-electron chi connectivity index (χ2n) is 12.0. The third-order valence-corrected chi connectivity index (χ3v) is 9.65. The van der Waals surface area contributed by atoms with Crippen LogP contribution in [0.15, 0.2) is 67.8 Å². The Morgan fingerprint density at radius 1 is 1.09 bits per heavy atom. The van der Waals surface area contributed by atoms with Crippen molar-refractivity contribution in [3.05, 3.63) is 67.8 Å². The Morgan fingerprint density at radius 2 is 1.88 bits per heavy atom. The number of aliphatic hydroxyl groups is 1. The Bertz CT molecular complexity index is 1380. The molecule has 5 rings (SSSR count). The summed E-state index contributed by atoms with van der Waals surface area (Å²) in [6.07, 6.45) is 8.61. The minimum atomic E-state index is -1.13. The molecule has 0 aromatic heterocycles. The molecule has 3 saturated heterocycles. The average molecular weight is 589 g/mol. The van der Waals surface area contributed by atoms with Crippen molar-refractivity contribution < 1.29 is 29.0 Å². The zero-order chi connectivity index (χ0) is 30.6. The Morgan fingerprint density at radius 3 is 2.60 bits per heavy atom. The fraction of sp³-hybridized carbons (Fsp3) is 0.514. The van der Waals surface area contributed by atoms with Crippen molar-refractivity contribution in [2.45, 2.75) is 75.5 Å². The first kappa shape index (κ1) is 31.0. The predicted octanol–water partition coefficient (Wildman–Crippen LogP) is 5.19. The monoisotopic (exact) mass is 588 g/mol. The molecule has 2 amide bonds. The average Bonchev–Trinajstić information content (AvgIpc) is 3.63. The number of fused-ring (bicyclic) bond motifs is 2. The molecule has 8 heteroatoms. The summed E-state index contributed by atoms with van der Waals surface area (Å²) in [5.41, 5.74) is -1.27. The van der Waals surface area contributed by atoms with Crippen molar-refractivity contribution in [3.8, 4) is 0 Å². The predicted molar refractivity (Wildman–Crippen MR) is 166 cm³/mol. The highest BCUT2D eigenvalue weighted by molar-refractivity contribution is 6.05. The van der Waals surface area contributed by atoms with Crippen molar-refractivity contribution in [1.29, 1.82) is 0 Å². The highest BCUT2D eigenvalue weighted by Crippen LogP contribution is 2.64. The van der Waals surface area contributed by atoms with Crippen molar-refractivity contribution in [2.75, 3.05) is 31.2 Å². The smallest absolute Gasteiger partial charge is 0.312 e. The van der Waals surface area contributed by atoms with Crippen LogP contribution in [-0.4, -0.2) is 71.3 Å². The van der Waals surface area contributed by atoms with E-state index in [1.165, 1.54) is 0 Å². The van der Waals surface area contributed by atoms with Gasteiger partial charge in [0.25, 0.3) is 5.91 Å². The van der Waals surface area contributed by atoms with E-state index in [1.807, 2.05) is 55.5 Å². The number of likely N-dealkylation sites (tertiary alicyclic amines) is 1. The Balaban J connectivity index is 1.52. The molecule has 8 nitrogen and oxygen atoms in total. The van der Waals surface area contributed by atoms with E-state index in [4.69, 9.17) is 9.47 Å². The molecule has 2 unspecified atom stereocenters. The van der Waals surface area contributed by atoms with Gasteiger partial charge in [0.1, 0.15) is 17.6 Å². The molecular weight excluding hydrogens is 544 g/mol. The maximum absolute atomic E-state index is 14.8. The molecule has 3 fully saturated rings. The van der Waals surface area contributed by atoms with Crippen molar-refractivity contribution in [1.82, 2.24) is 4.90 Å². The molecule has 3 aliphatic rings. The molecular formula is C35H44N2O6. The quantitative estimate of drug-likeness (QED) is 0.175. The molecule has 2 aromatic rings. The van der Waals surface area contributed by atoms with Gasteiger partial charge in [-0.3, -0.25) is 14.4 Å². The van der Waals surface area contributed by atoms with Gasteiger partial charge in [-0.15, -0.1) is 13.2 Å². The number of allylic oxidation sites excluding steroid dienone is 1. The van der Waals surface area contributed by atoms with Crippen LogP contribution in [0.5, 0.6) is 0 Å². The third kappa shape index (κ3) is 5.40. The van der Waals surface area contributed by atoms with Crippen LogP contribution in [0.2, 0.25) is 0 Å². The van der Waals surface area contributed by atoms with E-state index in [1.54, 1.807) is 15.9 Å². The zero-order valence-electron chi connectivity index (χ0n) is 25.2. The number of rotatable bonds is 15. The number of unbranched alkanes of at least 4 members (excludes halogenated alkanes) is 3. The molecule has 230 valence electrons. The molecule has 43 heavy (non-hydrogen) atoms. The standard InChI is InChI=1S/C35H44N2O6/c1-4-7-8-13-23-42-33(41)29-28-31(39)37(21-11-12-22-38)30(35(28)19-18-34(29,6-3)43-35)32(40)36(20-5-2)27-17-16-25-14-9-10-15-26(25)24-27/h4-5,9-10,14-17,24,28-30,38H,1-2,6-8,11-13,18-23H2,3H3/t28-,29+,30?,34-,35?/m0/s1. The summed E-state index contributed by atoms with van der Waals surface area (Å²) in [7, 11) is 0.